The number of rotatable bonds is 14. The minimum atomic E-state index is 0.0852. The summed E-state index contributed by atoms with van der Waals surface area (Å²) in [6, 6.07) is 24.1. The molecule has 194 valence electrons. The summed E-state index contributed by atoms with van der Waals surface area (Å²) in [5.41, 5.74) is 4.38. The summed E-state index contributed by atoms with van der Waals surface area (Å²) in [7, 11) is 0. The molecule has 0 aliphatic rings. The molecule has 6 heteroatoms. The van der Waals surface area contributed by atoms with Crippen LogP contribution in [0.25, 0.3) is 11.0 Å². The number of benzene rings is 3. The van der Waals surface area contributed by atoms with E-state index >= 15 is 0 Å². The Balaban J connectivity index is 1.26. The number of nitrogens with one attached hydrogen (secondary N) is 1. The van der Waals surface area contributed by atoms with Crippen molar-refractivity contribution in [3.63, 3.8) is 0 Å². The molecule has 0 saturated carbocycles. The lowest BCUT2D eigenvalue weighted by molar-refractivity contribution is -0.120. The fraction of sp³-hybridized carbons (Fsp3) is 0.355. The highest BCUT2D eigenvalue weighted by Gasteiger charge is 2.11. The molecule has 0 bridgehead atoms. The minimum Gasteiger partial charge on any atom is -0.490 e. The fourth-order valence-electron chi connectivity index (χ4n) is 4.51. The Bertz CT molecular complexity index is 1300. The SMILES string of the molecule is CCOc1ccccc1OCCn1c(CCCCCNC(=O)Cc2ccccc2C)nc2ccccc21. The molecule has 4 rings (SSSR count). The van der Waals surface area contributed by atoms with Gasteiger partial charge in [0.1, 0.15) is 12.4 Å². The van der Waals surface area contributed by atoms with Gasteiger partial charge in [-0.25, -0.2) is 4.98 Å². The number of aromatic nitrogens is 2. The lowest BCUT2D eigenvalue weighted by atomic mass is 10.1. The summed E-state index contributed by atoms with van der Waals surface area (Å²) in [6.07, 6.45) is 4.34. The number of carbonyl (C=O) groups excluding carboxylic acids is 1. The highest BCUT2D eigenvalue weighted by Crippen LogP contribution is 2.26. The zero-order chi connectivity index (χ0) is 25.9. The first-order valence-electron chi connectivity index (χ1n) is 13.3. The van der Waals surface area contributed by atoms with Crippen LogP contribution in [0, 0.1) is 6.92 Å². The Morgan fingerprint density at radius 2 is 1.62 bits per heavy atom. The molecule has 0 unspecified atom stereocenters. The number of aryl methyl sites for hydroxylation is 2. The number of fused-ring (bicyclic) bond motifs is 1. The maximum absolute atomic E-state index is 12.3. The van der Waals surface area contributed by atoms with Gasteiger partial charge in [-0.05, 0) is 62.1 Å². The number of hydrogen-bond donors (Lipinski definition) is 1. The number of para-hydroxylation sites is 4. The number of imidazole rings is 1. The lowest BCUT2D eigenvalue weighted by Crippen LogP contribution is -2.26. The molecule has 1 aromatic heterocycles. The molecular weight excluding hydrogens is 462 g/mol. The zero-order valence-electron chi connectivity index (χ0n) is 21.9. The van der Waals surface area contributed by atoms with Crippen molar-refractivity contribution in [1.29, 1.82) is 0 Å². The van der Waals surface area contributed by atoms with Crippen molar-refractivity contribution >= 4 is 16.9 Å². The Kier molecular flexibility index (Phi) is 9.58. The Morgan fingerprint density at radius 3 is 2.43 bits per heavy atom. The van der Waals surface area contributed by atoms with Crippen molar-refractivity contribution in [2.45, 2.75) is 52.5 Å². The van der Waals surface area contributed by atoms with Gasteiger partial charge in [0.2, 0.25) is 5.91 Å². The maximum atomic E-state index is 12.3. The number of amides is 1. The largest absolute Gasteiger partial charge is 0.490 e. The van der Waals surface area contributed by atoms with Crippen molar-refractivity contribution in [1.82, 2.24) is 14.9 Å². The summed E-state index contributed by atoms with van der Waals surface area (Å²) >= 11 is 0. The number of nitrogens with zero attached hydrogens (tertiary/aromatic N) is 2. The first-order valence-corrected chi connectivity index (χ1v) is 13.3. The second-order valence-corrected chi connectivity index (χ2v) is 9.16. The van der Waals surface area contributed by atoms with E-state index in [-0.39, 0.29) is 5.91 Å². The third kappa shape index (κ3) is 7.35. The third-order valence-electron chi connectivity index (χ3n) is 6.47. The van der Waals surface area contributed by atoms with Crippen molar-refractivity contribution in [2.75, 3.05) is 19.8 Å². The van der Waals surface area contributed by atoms with Gasteiger partial charge in [-0.2, -0.15) is 0 Å². The summed E-state index contributed by atoms with van der Waals surface area (Å²) in [5.74, 6) is 2.69. The second-order valence-electron chi connectivity index (χ2n) is 9.16. The first kappa shape index (κ1) is 26.3. The van der Waals surface area contributed by atoms with E-state index in [4.69, 9.17) is 14.5 Å². The van der Waals surface area contributed by atoms with Crippen LogP contribution in [0.5, 0.6) is 11.5 Å². The number of carbonyl (C=O) groups is 1. The molecule has 0 atom stereocenters. The molecule has 3 aromatic carbocycles. The van der Waals surface area contributed by atoms with Crippen LogP contribution in [-0.2, 0) is 24.2 Å². The van der Waals surface area contributed by atoms with Gasteiger partial charge >= 0.3 is 0 Å². The standard InChI is InChI=1S/C31H37N3O3/c1-3-36-28-17-10-11-18-29(28)37-22-21-34-27-16-9-8-15-26(27)33-30(34)19-5-4-12-20-32-31(35)23-25-14-7-6-13-24(25)2/h6-11,13-18H,3-5,12,19-23H2,1-2H3,(H,32,35). The van der Waals surface area contributed by atoms with Crippen LogP contribution in [0.4, 0.5) is 0 Å². The van der Waals surface area contributed by atoms with E-state index in [0.29, 0.717) is 32.7 Å². The molecule has 37 heavy (non-hydrogen) atoms. The molecule has 1 heterocycles. The zero-order valence-corrected chi connectivity index (χ0v) is 21.9. The Hall–Kier alpha value is -3.80. The van der Waals surface area contributed by atoms with Crippen LogP contribution >= 0.6 is 0 Å². The van der Waals surface area contributed by atoms with E-state index in [1.807, 2.05) is 68.4 Å². The van der Waals surface area contributed by atoms with Crippen LogP contribution in [0.2, 0.25) is 0 Å². The maximum Gasteiger partial charge on any atom is 0.224 e. The molecule has 4 aromatic rings. The van der Waals surface area contributed by atoms with E-state index in [2.05, 4.69) is 28.1 Å². The molecule has 0 aliphatic heterocycles. The topological polar surface area (TPSA) is 65.4 Å². The predicted octanol–water partition coefficient (Wildman–Crippen LogP) is 5.89. The van der Waals surface area contributed by atoms with E-state index in [9.17, 15) is 4.79 Å². The van der Waals surface area contributed by atoms with Crippen molar-refractivity contribution in [2.24, 2.45) is 0 Å². The molecule has 0 radical (unpaired) electrons. The van der Waals surface area contributed by atoms with Gasteiger partial charge < -0.3 is 19.4 Å². The van der Waals surface area contributed by atoms with Crippen LogP contribution in [0.15, 0.2) is 72.8 Å². The summed E-state index contributed by atoms with van der Waals surface area (Å²) in [4.78, 5) is 17.2. The smallest absolute Gasteiger partial charge is 0.224 e. The average molecular weight is 500 g/mol. The van der Waals surface area contributed by atoms with Gasteiger partial charge in [-0.1, -0.05) is 55.0 Å². The molecule has 0 fully saturated rings. The molecule has 0 aliphatic carbocycles. The van der Waals surface area contributed by atoms with E-state index in [1.165, 1.54) is 0 Å². The normalized spacial score (nSPS) is 11.0. The average Bonchev–Trinajstić information content (AvgIpc) is 3.26. The third-order valence-corrected chi connectivity index (χ3v) is 6.47. The van der Waals surface area contributed by atoms with E-state index in [0.717, 1.165) is 65.2 Å². The number of hydrogen-bond acceptors (Lipinski definition) is 4. The van der Waals surface area contributed by atoms with E-state index < -0.39 is 0 Å². The lowest BCUT2D eigenvalue weighted by Gasteiger charge is -2.13. The van der Waals surface area contributed by atoms with Gasteiger partial charge in [-0.3, -0.25) is 4.79 Å². The highest BCUT2D eigenvalue weighted by atomic mass is 16.5. The first-order chi connectivity index (χ1) is 18.2. The van der Waals surface area contributed by atoms with Crippen molar-refractivity contribution < 1.29 is 14.3 Å². The summed E-state index contributed by atoms with van der Waals surface area (Å²) in [5, 5.41) is 3.06. The van der Waals surface area contributed by atoms with Crippen molar-refractivity contribution in [3.8, 4) is 11.5 Å². The molecule has 1 amide bonds. The van der Waals surface area contributed by atoms with E-state index in [1.54, 1.807) is 0 Å². The van der Waals surface area contributed by atoms with Gasteiger partial charge in [-0.15, -0.1) is 0 Å². The Morgan fingerprint density at radius 1 is 0.892 bits per heavy atom. The minimum absolute atomic E-state index is 0.0852. The van der Waals surface area contributed by atoms with Crippen LogP contribution < -0.4 is 14.8 Å². The molecular formula is C31H37N3O3. The summed E-state index contributed by atoms with van der Waals surface area (Å²) in [6.45, 7) is 6.57. The number of ether oxygens (including phenoxy) is 2. The number of unbranched alkanes of at least 4 members (excludes halogenated alkanes) is 2. The highest BCUT2D eigenvalue weighted by molar-refractivity contribution is 5.78. The van der Waals surface area contributed by atoms with Crippen LogP contribution in [-0.4, -0.2) is 35.2 Å². The monoisotopic (exact) mass is 499 g/mol. The predicted molar refractivity (Wildman–Crippen MR) is 148 cm³/mol. The molecule has 6 nitrogen and oxygen atoms in total. The van der Waals surface area contributed by atoms with Crippen LogP contribution in [0.1, 0.15) is 43.1 Å². The van der Waals surface area contributed by atoms with Crippen LogP contribution in [0.3, 0.4) is 0 Å². The molecule has 0 saturated heterocycles. The quantitative estimate of drug-likeness (QED) is 0.220. The van der Waals surface area contributed by atoms with Crippen molar-refractivity contribution in [3.05, 3.63) is 89.7 Å². The fourth-order valence-corrected chi connectivity index (χ4v) is 4.51. The second kappa shape index (κ2) is 13.5. The molecule has 0 spiro atoms. The Labute approximate surface area is 219 Å². The van der Waals surface area contributed by atoms with Gasteiger partial charge in [0.15, 0.2) is 11.5 Å². The molecule has 1 N–H and O–H groups in total. The van der Waals surface area contributed by atoms with Gasteiger partial charge in [0, 0.05) is 13.0 Å². The van der Waals surface area contributed by atoms with Gasteiger partial charge in [0.05, 0.1) is 30.6 Å². The van der Waals surface area contributed by atoms with Gasteiger partial charge in [0.25, 0.3) is 0 Å². The summed E-state index contributed by atoms with van der Waals surface area (Å²) < 4.78 is 14.0.